The second kappa shape index (κ2) is 12.2. The number of hydrogen-bond donors (Lipinski definition) is 2. The van der Waals surface area contributed by atoms with Crippen molar-refractivity contribution in [3.05, 3.63) is 35.9 Å². The molecular weight excluding hydrogens is 274 g/mol. The van der Waals surface area contributed by atoms with Gasteiger partial charge in [-0.3, -0.25) is 4.79 Å². The first-order valence-corrected chi connectivity index (χ1v) is 8.71. The summed E-state index contributed by atoms with van der Waals surface area (Å²) >= 11 is 0. The van der Waals surface area contributed by atoms with Crippen molar-refractivity contribution < 1.29 is 9.90 Å². The van der Waals surface area contributed by atoms with E-state index in [1.54, 1.807) is 0 Å². The molecule has 0 aliphatic heterocycles. The fourth-order valence-electron chi connectivity index (χ4n) is 2.49. The van der Waals surface area contributed by atoms with Crippen LogP contribution in [0.4, 0.5) is 0 Å². The van der Waals surface area contributed by atoms with Crippen LogP contribution in [-0.2, 0) is 11.3 Å². The van der Waals surface area contributed by atoms with Crippen LogP contribution in [0.1, 0.15) is 70.3 Å². The van der Waals surface area contributed by atoms with Crippen LogP contribution in [0.5, 0.6) is 0 Å². The van der Waals surface area contributed by atoms with Gasteiger partial charge in [0.2, 0.25) is 5.91 Å². The Labute approximate surface area is 135 Å². The standard InChI is InChI=1S/C19H31NO2/c1-2-3-4-5-6-10-13-18(21)14-15-19(22)20-16-17-11-8-7-9-12-17/h7-9,11-12,18,21H,2-6,10,13-16H2,1H3,(H,20,22)/t18-/m1/s1. The average Bonchev–Trinajstić information content (AvgIpc) is 2.55. The van der Waals surface area contributed by atoms with E-state index >= 15 is 0 Å². The molecule has 0 heterocycles. The number of benzene rings is 1. The lowest BCUT2D eigenvalue weighted by molar-refractivity contribution is -0.121. The van der Waals surface area contributed by atoms with Crippen LogP contribution < -0.4 is 5.32 Å². The Morgan fingerprint density at radius 2 is 1.73 bits per heavy atom. The lowest BCUT2D eigenvalue weighted by atomic mass is 10.0. The Morgan fingerprint density at radius 3 is 2.45 bits per heavy atom. The van der Waals surface area contributed by atoms with E-state index in [-0.39, 0.29) is 12.0 Å². The Kier molecular flexibility index (Phi) is 10.4. The van der Waals surface area contributed by atoms with Crippen molar-refractivity contribution in [2.24, 2.45) is 0 Å². The lowest BCUT2D eigenvalue weighted by Gasteiger charge is -2.10. The number of unbranched alkanes of at least 4 members (excludes halogenated alkanes) is 5. The summed E-state index contributed by atoms with van der Waals surface area (Å²) in [4.78, 5) is 11.7. The first kappa shape index (κ1) is 18.7. The van der Waals surface area contributed by atoms with Gasteiger partial charge in [0.05, 0.1) is 6.10 Å². The fourth-order valence-corrected chi connectivity index (χ4v) is 2.49. The van der Waals surface area contributed by atoms with Gasteiger partial charge in [-0.05, 0) is 18.4 Å². The molecule has 1 aromatic rings. The molecule has 0 aliphatic rings. The number of rotatable bonds is 12. The Bertz CT molecular complexity index is 392. The molecule has 0 fully saturated rings. The summed E-state index contributed by atoms with van der Waals surface area (Å²) in [6, 6.07) is 9.88. The number of carbonyl (C=O) groups excluding carboxylic acids is 1. The highest BCUT2D eigenvalue weighted by molar-refractivity contribution is 5.75. The van der Waals surface area contributed by atoms with E-state index in [0.717, 1.165) is 18.4 Å². The molecule has 0 aromatic heterocycles. The molecule has 0 unspecified atom stereocenters. The normalized spacial score (nSPS) is 12.1. The van der Waals surface area contributed by atoms with Crippen LogP contribution >= 0.6 is 0 Å². The van der Waals surface area contributed by atoms with Gasteiger partial charge in [-0.1, -0.05) is 75.8 Å². The maximum absolute atomic E-state index is 11.7. The van der Waals surface area contributed by atoms with Crippen molar-refractivity contribution in [2.75, 3.05) is 0 Å². The number of nitrogens with one attached hydrogen (secondary N) is 1. The molecule has 1 atom stereocenters. The first-order chi connectivity index (χ1) is 10.7. The van der Waals surface area contributed by atoms with Crippen molar-refractivity contribution in [3.8, 4) is 0 Å². The molecular formula is C19H31NO2. The summed E-state index contributed by atoms with van der Waals surface area (Å²) in [7, 11) is 0. The molecule has 0 spiro atoms. The number of carbonyl (C=O) groups is 1. The summed E-state index contributed by atoms with van der Waals surface area (Å²) in [5, 5.41) is 12.8. The molecule has 0 saturated heterocycles. The van der Waals surface area contributed by atoms with Crippen LogP contribution in [0.25, 0.3) is 0 Å². The topological polar surface area (TPSA) is 49.3 Å². The third-order valence-electron chi connectivity index (χ3n) is 3.93. The minimum atomic E-state index is -0.339. The Morgan fingerprint density at radius 1 is 1.05 bits per heavy atom. The zero-order chi connectivity index (χ0) is 16.0. The Hall–Kier alpha value is -1.35. The maximum Gasteiger partial charge on any atom is 0.220 e. The first-order valence-electron chi connectivity index (χ1n) is 8.71. The van der Waals surface area contributed by atoms with E-state index in [9.17, 15) is 9.90 Å². The van der Waals surface area contributed by atoms with Crippen LogP contribution in [0.15, 0.2) is 30.3 Å². The highest BCUT2D eigenvalue weighted by atomic mass is 16.3. The van der Waals surface area contributed by atoms with Gasteiger partial charge in [-0.2, -0.15) is 0 Å². The molecule has 1 aromatic carbocycles. The number of amides is 1. The molecule has 0 bridgehead atoms. The largest absolute Gasteiger partial charge is 0.393 e. The van der Waals surface area contributed by atoms with Gasteiger partial charge in [-0.25, -0.2) is 0 Å². The molecule has 1 amide bonds. The molecule has 3 heteroatoms. The van der Waals surface area contributed by atoms with Crippen LogP contribution in [-0.4, -0.2) is 17.1 Å². The summed E-state index contributed by atoms with van der Waals surface area (Å²) in [5.74, 6) is 0.0193. The Balaban J connectivity index is 2.01. The number of aliphatic hydroxyl groups is 1. The zero-order valence-corrected chi connectivity index (χ0v) is 13.9. The van der Waals surface area contributed by atoms with Gasteiger partial charge in [0.1, 0.15) is 0 Å². The van der Waals surface area contributed by atoms with Gasteiger partial charge >= 0.3 is 0 Å². The van der Waals surface area contributed by atoms with E-state index in [1.807, 2.05) is 30.3 Å². The van der Waals surface area contributed by atoms with Crippen molar-refractivity contribution in [2.45, 2.75) is 77.4 Å². The molecule has 0 radical (unpaired) electrons. The highest BCUT2D eigenvalue weighted by Gasteiger charge is 2.08. The summed E-state index contributed by atoms with van der Waals surface area (Å²) in [6.45, 7) is 2.78. The van der Waals surface area contributed by atoms with Crippen LogP contribution in [0.3, 0.4) is 0 Å². The van der Waals surface area contributed by atoms with Crippen molar-refractivity contribution >= 4 is 5.91 Å². The minimum Gasteiger partial charge on any atom is -0.393 e. The van der Waals surface area contributed by atoms with E-state index in [4.69, 9.17) is 0 Å². The quantitative estimate of drug-likeness (QED) is 0.569. The van der Waals surface area contributed by atoms with E-state index in [2.05, 4.69) is 12.2 Å². The zero-order valence-electron chi connectivity index (χ0n) is 13.9. The van der Waals surface area contributed by atoms with Crippen LogP contribution in [0, 0.1) is 0 Å². The fraction of sp³-hybridized carbons (Fsp3) is 0.632. The predicted molar refractivity (Wildman–Crippen MR) is 91.5 cm³/mol. The molecule has 22 heavy (non-hydrogen) atoms. The van der Waals surface area contributed by atoms with Gasteiger partial charge in [0, 0.05) is 13.0 Å². The van der Waals surface area contributed by atoms with Crippen molar-refractivity contribution in [3.63, 3.8) is 0 Å². The second-order valence-electron chi connectivity index (χ2n) is 6.01. The summed E-state index contributed by atoms with van der Waals surface area (Å²) in [6.07, 6.45) is 8.84. The smallest absolute Gasteiger partial charge is 0.220 e. The summed E-state index contributed by atoms with van der Waals surface area (Å²) < 4.78 is 0. The third kappa shape index (κ3) is 9.56. The monoisotopic (exact) mass is 305 g/mol. The molecule has 0 aliphatic carbocycles. The number of hydrogen-bond acceptors (Lipinski definition) is 2. The summed E-state index contributed by atoms with van der Waals surface area (Å²) in [5.41, 5.74) is 1.10. The van der Waals surface area contributed by atoms with E-state index in [1.165, 1.54) is 32.1 Å². The average molecular weight is 305 g/mol. The predicted octanol–water partition coefficient (Wildman–Crippen LogP) is 4.19. The number of aliphatic hydroxyl groups excluding tert-OH is 1. The molecule has 1 rings (SSSR count). The molecule has 3 nitrogen and oxygen atoms in total. The van der Waals surface area contributed by atoms with Crippen molar-refractivity contribution in [1.29, 1.82) is 0 Å². The second-order valence-corrected chi connectivity index (χ2v) is 6.01. The third-order valence-corrected chi connectivity index (χ3v) is 3.93. The molecule has 124 valence electrons. The minimum absolute atomic E-state index is 0.0193. The van der Waals surface area contributed by atoms with Gasteiger partial charge < -0.3 is 10.4 Å². The van der Waals surface area contributed by atoms with Gasteiger partial charge in [0.15, 0.2) is 0 Å². The van der Waals surface area contributed by atoms with Crippen LogP contribution in [0.2, 0.25) is 0 Å². The molecule has 0 saturated carbocycles. The SMILES string of the molecule is CCCCCCCC[C@@H](O)CCC(=O)NCc1ccccc1. The maximum atomic E-state index is 11.7. The van der Waals surface area contributed by atoms with Gasteiger partial charge in [-0.15, -0.1) is 0 Å². The van der Waals surface area contributed by atoms with Gasteiger partial charge in [0.25, 0.3) is 0 Å². The van der Waals surface area contributed by atoms with Crippen molar-refractivity contribution in [1.82, 2.24) is 5.32 Å². The molecule has 2 N–H and O–H groups in total. The van der Waals surface area contributed by atoms with E-state index in [0.29, 0.717) is 19.4 Å². The lowest BCUT2D eigenvalue weighted by Crippen LogP contribution is -2.24. The highest BCUT2D eigenvalue weighted by Crippen LogP contribution is 2.11. The van der Waals surface area contributed by atoms with E-state index < -0.39 is 0 Å².